The third-order valence-corrected chi connectivity index (χ3v) is 4.67. The van der Waals surface area contributed by atoms with E-state index >= 15 is 0 Å². The fourth-order valence-electron chi connectivity index (χ4n) is 1.76. The Labute approximate surface area is 114 Å². The van der Waals surface area contributed by atoms with Gasteiger partial charge in [0.1, 0.15) is 0 Å². The van der Waals surface area contributed by atoms with E-state index in [0.29, 0.717) is 0 Å². The third-order valence-electron chi connectivity index (χ3n) is 3.17. The monoisotopic (exact) mass is 259 g/mol. The molecule has 0 saturated carbocycles. The van der Waals surface area contributed by atoms with Crippen molar-refractivity contribution in [2.75, 3.05) is 12.3 Å². The molecule has 0 aliphatic carbocycles. The number of thioether (sulfide) groups is 1. The third kappa shape index (κ3) is 11.1. The van der Waals surface area contributed by atoms with Crippen LogP contribution in [0.2, 0.25) is 0 Å². The van der Waals surface area contributed by atoms with Crippen LogP contribution >= 0.6 is 11.8 Å². The van der Waals surface area contributed by atoms with E-state index in [9.17, 15) is 0 Å². The van der Waals surface area contributed by atoms with Crippen LogP contribution in [0.25, 0.3) is 0 Å². The van der Waals surface area contributed by atoms with Crippen LogP contribution in [0.4, 0.5) is 0 Å². The van der Waals surface area contributed by atoms with Gasteiger partial charge in [-0.15, -0.1) is 0 Å². The van der Waals surface area contributed by atoms with Gasteiger partial charge < -0.3 is 5.32 Å². The maximum Gasteiger partial charge on any atom is 0.0158 e. The molecule has 2 heteroatoms. The normalized spacial score (nSPS) is 15.2. The maximum absolute atomic E-state index is 3.70. The molecule has 0 spiro atoms. The van der Waals surface area contributed by atoms with Crippen molar-refractivity contribution in [3.8, 4) is 0 Å². The lowest BCUT2D eigenvalue weighted by Gasteiger charge is -2.20. The maximum atomic E-state index is 3.70. The Balaban J connectivity index is 3.78. The van der Waals surface area contributed by atoms with Crippen LogP contribution in [0.5, 0.6) is 0 Å². The molecular weight excluding hydrogens is 226 g/mol. The second-order valence-electron chi connectivity index (χ2n) is 5.53. The van der Waals surface area contributed by atoms with Crippen molar-refractivity contribution in [2.45, 2.75) is 78.0 Å². The highest BCUT2D eigenvalue weighted by molar-refractivity contribution is 7.99. The highest BCUT2D eigenvalue weighted by Crippen LogP contribution is 2.17. The van der Waals surface area contributed by atoms with E-state index in [-0.39, 0.29) is 0 Å². The van der Waals surface area contributed by atoms with Crippen LogP contribution in [-0.2, 0) is 0 Å². The molecule has 0 aromatic heterocycles. The molecule has 1 nitrogen and oxygen atoms in total. The Morgan fingerprint density at radius 3 is 2.29 bits per heavy atom. The summed E-state index contributed by atoms with van der Waals surface area (Å²) in [5, 5.41) is 4.51. The summed E-state index contributed by atoms with van der Waals surface area (Å²) in [4.78, 5) is 0. The highest BCUT2D eigenvalue weighted by Gasteiger charge is 2.10. The summed E-state index contributed by atoms with van der Waals surface area (Å²) in [5.41, 5.74) is 0. The van der Waals surface area contributed by atoms with Crippen molar-refractivity contribution in [1.29, 1.82) is 0 Å². The van der Waals surface area contributed by atoms with Crippen LogP contribution in [-0.4, -0.2) is 23.6 Å². The lowest BCUT2D eigenvalue weighted by Crippen LogP contribution is -2.32. The first kappa shape index (κ1) is 17.3. The van der Waals surface area contributed by atoms with Gasteiger partial charge >= 0.3 is 0 Å². The first-order valence-corrected chi connectivity index (χ1v) is 8.49. The Hall–Kier alpha value is 0.310. The van der Waals surface area contributed by atoms with Gasteiger partial charge in [0.25, 0.3) is 0 Å². The van der Waals surface area contributed by atoms with E-state index in [4.69, 9.17) is 0 Å². The van der Waals surface area contributed by atoms with Crippen molar-refractivity contribution >= 4 is 11.8 Å². The Morgan fingerprint density at radius 2 is 1.76 bits per heavy atom. The van der Waals surface area contributed by atoms with Crippen LogP contribution in [0.1, 0.15) is 66.7 Å². The van der Waals surface area contributed by atoms with E-state index in [1.807, 2.05) is 0 Å². The molecule has 104 valence electrons. The number of hydrogen-bond donors (Lipinski definition) is 1. The number of hydrogen-bond acceptors (Lipinski definition) is 2. The summed E-state index contributed by atoms with van der Waals surface area (Å²) in [5.74, 6) is 2.14. The number of rotatable bonds is 11. The van der Waals surface area contributed by atoms with Gasteiger partial charge in [0.05, 0.1) is 0 Å². The van der Waals surface area contributed by atoms with Crippen LogP contribution < -0.4 is 5.32 Å². The molecule has 0 aromatic rings. The molecule has 2 atom stereocenters. The zero-order chi connectivity index (χ0) is 13.1. The Bertz CT molecular complexity index is 159. The fourth-order valence-corrected chi connectivity index (χ4v) is 2.84. The second-order valence-corrected chi connectivity index (χ2v) is 7.00. The summed E-state index contributed by atoms with van der Waals surface area (Å²) in [6, 6.07) is 0.729. The molecule has 0 amide bonds. The Kier molecular flexibility index (Phi) is 11.6. The Morgan fingerprint density at radius 1 is 1.06 bits per heavy atom. The van der Waals surface area contributed by atoms with Gasteiger partial charge in [0.2, 0.25) is 0 Å². The predicted octanol–water partition coefficient (Wildman–Crippen LogP) is 4.71. The van der Waals surface area contributed by atoms with Gasteiger partial charge in [-0.3, -0.25) is 0 Å². The van der Waals surface area contributed by atoms with E-state index in [2.05, 4.69) is 51.7 Å². The minimum atomic E-state index is 0.729. The van der Waals surface area contributed by atoms with E-state index in [1.54, 1.807) is 0 Å². The van der Waals surface area contributed by atoms with E-state index in [0.717, 1.165) is 17.2 Å². The summed E-state index contributed by atoms with van der Waals surface area (Å²) < 4.78 is 0. The molecule has 0 saturated heterocycles. The number of nitrogens with one attached hydrogen (secondary N) is 1. The van der Waals surface area contributed by atoms with E-state index in [1.165, 1.54) is 44.4 Å². The topological polar surface area (TPSA) is 12.0 Å². The second kappa shape index (κ2) is 11.4. The highest BCUT2D eigenvalue weighted by atomic mass is 32.2. The molecule has 0 aliphatic heterocycles. The largest absolute Gasteiger partial charge is 0.313 e. The quantitative estimate of drug-likeness (QED) is 0.576. The van der Waals surface area contributed by atoms with Crippen molar-refractivity contribution in [3.63, 3.8) is 0 Å². The van der Waals surface area contributed by atoms with Crippen molar-refractivity contribution in [1.82, 2.24) is 5.32 Å². The van der Waals surface area contributed by atoms with Crippen LogP contribution in [0.3, 0.4) is 0 Å². The molecule has 0 bridgehead atoms. The summed E-state index contributed by atoms with van der Waals surface area (Å²) in [6.45, 7) is 12.7. The molecule has 0 fully saturated rings. The average Bonchev–Trinajstić information content (AvgIpc) is 2.31. The molecule has 0 heterocycles. The molecule has 0 rings (SSSR count). The van der Waals surface area contributed by atoms with E-state index < -0.39 is 0 Å². The van der Waals surface area contributed by atoms with Crippen LogP contribution in [0, 0.1) is 5.92 Å². The minimum Gasteiger partial charge on any atom is -0.313 e. The fraction of sp³-hybridized carbons (Fsp3) is 1.00. The molecular formula is C15H33NS. The minimum absolute atomic E-state index is 0.729. The van der Waals surface area contributed by atoms with Gasteiger partial charge in [0, 0.05) is 17.0 Å². The summed E-state index contributed by atoms with van der Waals surface area (Å²) >= 11 is 2.13. The zero-order valence-electron chi connectivity index (χ0n) is 12.6. The molecule has 1 N–H and O–H groups in total. The summed E-state index contributed by atoms with van der Waals surface area (Å²) in [7, 11) is 0. The summed E-state index contributed by atoms with van der Waals surface area (Å²) in [6.07, 6.45) is 6.63. The van der Waals surface area contributed by atoms with Gasteiger partial charge in [-0.25, -0.2) is 0 Å². The smallest absolute Gasteiger partial charge is 0.0158 e. The molecule has 0 aliphatic rings. The van der Waals surface area contributed by atoms with Gasteiger partial charge in [-0.1, -0.05) is 47.5 Å². The molecule has 17 heavy (non-hydrogen) atoms. The lowest BCUT2D eigenvalue weighted by atomic mass is 10.0. The van der Waals surface area contributed by atoms with Crippen molar-refractivity contribution < 1.29 is 0 Å². The molecule has 0 radical (unpaired) electrons. The first-order chi connectivity index (χ1) is 8.10. The SMILES string of the molecule is CCCNC(CCCC(C)C)CSC(C)CC. The predicted molar refractivity (Wildman–Crippen MR) is 83.0 cm³/mol. The first-order valence-electron chi connectivity index (χ1n) is 7.45. The van der Waals surface area contributed by atoms with Crippen molar-refractivity contribution in [3.05, 3.63) is 0 Å². The zero-order valence-corrected chi connectivity index (χ0v) is 13.4. The van der Waals surface area contributed by atoms with Gasteiger partial charge in [-0.05, 0) is 31.7 Å². The van der Waals surface area contributed by atoms with Crippen molar-refractivity contribution in [2.24, 2.45) is 5.92 Å². The lowest BCUT2D eigenvalue weighted by molar-refractivity contribution is 0.462. The van der Waals surface area contributed by atoms with Gasteiger partial charge in [-0.2, -0.15) is 11.8 Å². The standard InChI is InChI=1S/C15H33NS/c1-6-11-16-15(10-8-9-13(3)4)12-17-14(5)7-2/h13-16H,6-12H2,1-5H3. The molecule has 2 unspecified atom stereocenters. The van der Waals surface area contributed by atoms with Gasteiger partial charge in [0.15, 0.2) is 0 Å². The molecule has 0 aromatic carbocycles. The average molecular weight is 260 g/mol. The van der Waals surface area contributed by atoms with Crippen LogP contribution in [0.15, 0.2) is 0 Å².